The van der Waals surface area contributed by atoms with Crippen LogP contribution in [0, 0.1) is 13.8 Å². The van der Waals surface area contributed by atoms with Gasteiger partial charge in [0, 0.05) is 12.1 Å². The Balaban J connectivity index is 1.84. The van der Waals surface area contributed by atoms with Crippen molar-refractivity contribution >= 4 is 11.6 Å². The average Bonchev–Trinajstić information content (AvgIpc) is 2.40. The second-order valence-electron chi connectivity index (χ2n) is 4.80. The molecule has 0 amide bonds. The van der Waals surface area contributed by atoms with Crippen LogP contribution in [0.1, 0.15) is 30.4 Å². The minimum atomic E-state index is 0.455. The standard InChI is InChI=1S/C13H20ClN3O/c1-10-11(2)13(16-15-12(10)14)18-9-8-17-6-4-3-5-7-17/h3-9H2,1-2H3. The number of piperidine rings is 1. The molecule has 1 fully saturated rings. The fourth-order valence-electron chi connectivity index (χ4n) is 2.15. The second-order valence-corrected chi connectivity index (χ2v) is 5.15. The average molecular weight is 270 g/mol. The summed E-state index contributed by atoms with van der Waals surface area (Å²) in [6.45, 7) is 7.90. The lowest BCUT2D eigenvalue weighted by Crippen LogP contribution is -2.33. The van der Waals surface area contributed by atoms with Gasteiger partial charge in [-0.3, -0.25) is 4.90 Å². The molecule has 1 aliphatic rings. The molecule has 0 atom stereocenters. The largest absolute Gasteiger partial charge is 0.475 e. The molecule has 0 unspecified atom stereocenters. The number of halogens is 1. The van der Waals surface area contributed by atoms with E-state index in [0.717, 1.165) is 17.7 Å². The van der Waals surface area contributed by atoms with E-state index in [0.29, 0.717) is 17.6 Å². The van der Waals surface area contributed by atoms with Crippen molar-refractivity contribution in [2.24, 2.45) is 0 Å². The van der Waals surface area contributed by atoms with Gasteiger partial charge in [-0.05, 0) is 45.3 Å². The highest BCUT2D eigenvalue weighted by atomic mass is 35.5. The predicted octanol–water partition coefficient (Wildman–Crippen LogP) is 2.61. The fraction of sp³-hybridized carbons (Fsp3) is 0.692. The van der Waals surface area contributed by atoms with Crippen LogP contribution in [0.15, 0.2) is 0 Å². The van der Waals surface area contributed by atoms with Crippen molar-refractivity contribution in [1.29, 1.82) is 0 Å². The molecule has 0 saturated carbocycles. The molecule has 0 radical (unpaired) electrons. The number of rotatable bonds is 4. The van der Waals surface area contributed by atoms with Gasteiger partial charge in [0.25, 0.3) is 0 Å². The normalized spacial score (nSPS) is 16.8. The maximum Gasteiger partial charge on any atom is 0.236 e. The molecule has 1 aromatic rings. The molecule has 1 aromatic heterocycles. The van der Waals surface area contributed by atoms with Gasteiger partial charge < -0.3 is 4.74 Å². The van der Waals surface area contributed by atoms with Crippen molar-refractivity contribution in [1.82, 2.24) is 15.1 Å². The summed E-state index contributed by atoms with van der Waals surface area (Å²) in [5.74, 6) is 0.605. The molecular weight excluding hydrogens is 250 g/mol. The second kappa shape index (κ2) is 6.34. The van der Waals surface area contributed by atoms with E-state index in [1.807, 2.05) is 13.8 Å². The van der Waals surface area contributed by atoms with E-state index >= 15 is 0 Å². The van der Waals surface area contributed by atoms with Gasteiger partial charge in [0.2, 0.25) is 5.88 Å². The molecular formula is C13H20ClN3O. The number of likely N-dealkylation sites (tertiary alicyclic amines) is 1. The van der Waals surface area contributed by atoms with Gasteiger partial charge in [0.05, 0.1) is 0 Å². The maximum atomic E-state index is 5.90. The summed E-state index contributed by atoms with van der Waals surface area (Å²) in [7, 11) is 0. The zero-order valence-corrected chi connectivity index (χ0v) is 11.8. The Morgan fingerprint density at radius 1 is 1.11 bits per heavy atom. The zero-order chi connectivity index (χ0) is 13.0. The summed E-state index contributed by atoms with van der Waals surface area (Å²) < 4.78 is 5.70. The first-order valence-electron chi connectivity index (χ1n) is 6.53. The summed E-state index contributed by atoms with van der Waals surface area (Å²) in [6, 6.07) is 0. The van der Waals surface area contributed by atoms with Gasteiger partial charge in [-0.2, -0.15) is 0 Å². The van der Waals surface area contributed by atoms with Gasteiger partial charge in [-0.25, -0.2) is 0 Å². The highest BCUT2D eigenvalue weighted by molar-refractivity contribution is 6.30. The first kappa shape index (κ1) is 13.6. The molecule has 2 rings (SSSR count). The number of nitrogens with zero attached hydrogens (tertiary/aromatic N) is 3. The van der Waals surface area contributed by atoms with Crippen molar-refractivity contribution in [2.75, 3.05) is 26.2 Å². The van der Waals surface area contributed by atoms with Crippen LogP contribution in [0.5, 0.6) is 5.88 Å². The third-order valence-electron chi connectivity index (χ3n) is 3.52. The maximum absolute atomic E-state index is 5.90. The number of hydrogen-bond donors (Lipinski definition) is 0. The third kappa shape index (κ3) is 3.33. The van der Waals surface area contributed by atoms with E-state index in [9.17, 15) is 0 Å². The van der Waals surface area contributed by atoms with E-state index in [2.05, 4.69) is 15.1 Å². The van der Waals surface area contributed by atoms with Crippen LogP contribution in [0.3, 0.4) is 0 Å². The summed E-state index contributed by atoms with van der Waals surface area (Å²) in [6.07, 6.45) is 3.97. The van der Waals surface area contributed by atoms with Crippen LogP contribution in [-0.4, -0.2) is 41.3 Å². The molecule has 1 aliphatic heterocycles. The van der Waals surface area contributed by atoms with Crippen molar-refractivity contribution in [3.8, 4) is 5.88 Å². The summed E-state index contributed by atoms with van der Waals surface area (Å²) in [5.41, 5.74) is 1.92. The Morgan fingerprint density at radius 3 is 2.56 bits per heavy atom. The van der Waals surface area contributed by atoms with E-state index in [4.69, 9.17) is 16.3 Å². The lowest BCUT2D eigenvalue weighted by atomic mass is 10.1. The Morgan fingerprint density at radius 2 is 1.83 bits per heavy atom. The van der Waals surface area contributed by atoms with Crippen LogP contribution < -0.4 is 4.74 Å². The predicted molar refractivity (Wildman–Crippen MR) is 72.3 cm³/mol. The molecule has 0 bridgehead atoms. The van der Waals surface area contributed by atoms with Gasteiger partial charge in [0.15, 0.2) is 5.15 Å². The Hall–Kier alpha value is -0.870. The Kier molecular flexibility index (Phi) is 4.78. The number of ether oxygens (including phenoxy) is 1. The number of hydrogen-bond acceptors (Lipinski definition) is 4. The van der Waals surface area contributed by atoms with Crippen LogP contribution in [0.2, 0.25) is 5.15 Å². The molecule has 0 spiro atoms. The zero-order valence-electron chi connectivity index (χ0n) is 11.1. The topological polar surface area (TPSA) is 38.3 Å². The third-order valence-corrected chi connectivity index (χ3v) is 3.88. The summed E-state index contributed by atoms with van der Waals surface area (Å²) >= 11 is 5.90. The molecule has 5 heteroatoms. The summed E-state index contributed by atoms with van der Waals surface area (Å²) in [4.78, 5) is 2.44. The van der Waals surface area contributed by atoms with E-state index < -0.39 is 0 Å². The molecule has 1 saturated heterocycles. The van der Waals surface area contributed by atoms with Crippen LogP contribution in [0.25, 0.3) is 0 Å². The van der Waals surface area contributed by atoms with Crippen molar-refractivity contribution < 1.29 is 4.74 Å². The molecule has 2 heterocycles. The Labute approximate surface area is 113 Å². The molecule has 18 heavy (non-hydrogen) atoms. The molecule has 4 nitrogen and oxygen atoms in total. The monoisotopic (exact) mass is 269 g/mol. The highest BCUT2D eigenvalue weighted by Gasteiger charge is 2.12. The SMILES string of the molecule is Cc1c(Cl)nnc(OCCN2CCCCC2)c1C. The molecule has 0 aliphatic carbocycles. The van der Waals surface area contributed by atoms with Gasteiger partial charge in [-0.15, -0.1) is 10.2 Å². The van der Waals surface area contributed by atoms with Crippen LogP contribution >= 0.6 is 11.6 Å². The highest BCUT2D eigenvalue weighted by Crippen LogP contribution is 2.22. The lowest BCUT2D eigenvalue weighted by molar-refractivity contribution is 0.179. The van der Waals surface area contributed by atoms with Crippen molar-refractivity contribution in [2.45, 2.75) is 33.1 Å². The van der Waals surface area contributed by atoms with Gasteiger partial charge in [0.1, 0.15) is 6.61 Å². The first-order valence-corrected chi connectivity index (χ1v) is 6.91. The van der Waals surface area contributed by atoms with E-state index in [-0.39, 0.29) is 0 Å². The van der Waals surface area contributed by atoms with Gasteiger partial charge in [-0.1, -0.05) is 18.0 Å². The number of aromatic nitrogens is 2. The fourth-order valence-corrected chi connectivity index (χ4v) is 2.33. The molecule has 100 valence electrons. The molecule has 0 aromatic carbocycles. The van der Waals surface area contributed by atoms with Gasteiger partial charge >= 0.3 is 0 Å². The lowest BCUT2D eigenvalue weighted by Gasteiger charge is -2.26. The van der Waals surface area contributed by atoms with Crippen molar-refractivity contribution in [3.63, 3.8) is 0 Å². The van der Waals surface area contributed by atoms with E-state index in [1.165, 1.54) is 32.4 Å². The van der Waals surface area contributed by atoms with Crippen molar-refractivity contribution in [3.05, 3.63) is 16.3 Å². The first-order chi connectivity index (χ1) is 8.68. The van der Waals surface area contributed by atoms with Crippen LogP contribution in [0.4, 0.5) is 0 Å². The minimum absolute atomic E-state index is 0.455. The smallest absolute Gasteiger partial charge is 0.236 e. The minimum Gasteiger partial charge on any atom is -0.475 e. The van der Waals surface area contributed by atoms with Crippen LogP contribution in [-0.2, 0) is 0 Å². The quantitative estimate of drug-likeness (QED) is 0.842. The summed E-state index contributed by atoms with van der Waals surface area (Å²) in [5, 5.41) is 8.33. The van der Waals surface area contributed by atoms with E-state index in [1.54, 1.807) is 0 Å². The molecule has 0 N–H and O–H groups in total. The Bertz CT molecular complexity index is 405.